The summed E-state index contributed by atoms with van der Waals surface area (Å²) in [6.07, 6.45) is 9.60. The zero-order valence-electron chi connectivity index (χ0n) is 42.3. The van der Waals surface area contributed by atoms with Crippen molar-refractivity contribution in [3.05, 3.63) is 88.2 Å². The highest BCUT2D eigenvalue weighted by molar-refractivity contribution is 6.34. The minimum atomic E-state index is -1.95. The molecule has 6 atom stereocenters. The molecule has 5 bridgehead atoms. The molecule has 0 saturated carbocycles. The molecule has 0 radical (unpaired) electrons. The number of hydrogen-bond acceptors (Lipinski definition) is 17. The van der Waals surface area contributed by atoms with Crippen LogP contribution in [0.5, 0.6) is 11.5 Å². The molecule has 19 nitrogen and oxygen atoms in total. The number of carbonyl (C=O) groups excluding carboxylic acids is 5. The van der Waals surface area contributed by atoms with Gasteiger partial charge < -0.3 is 54.9 Å². The van der Waals surface area contributed by atoms with Gasteiger partial charge in [-0.25, -0.2) is 9.97 Å². The third kappa shape index (κ3) is 10.7. The number of fused-ring (bicyclic) bond motifs is 13. The number of amides is 2. The predicted octanol–water partition coefficient (Wildman–Crippen LogP) is 4.40. The van der Waals surface area contributed by atoms with Crippen molar-refractivity contribution in [2.75, 3.05) is 50.7 Å². The van der Waals surface area contributed by atoms with Gasteiger partial charge in [0.1, 0.15) is 35.4 Å². The molecule has 386 valence electrons. The number of aliphatic hydroxyl groups is 2. The molecule has 19 heteroatoms. The van der Waals surface area contributed by atoms with Gasteiger partial charge in [0.05, 0.1) is 41.0 Å². The van der Waals surface area contributed by atoms with Crippen LogP contribution >= 0.6 is 0 Å². The lowest BCUT2D eigenvalue weighted by Gasteiger charge is -2.38. The highest BCUT2D eigenvalue weighted by atomic mass is 16.7. The van der Waals surface area contributed by atoms with E-state index in [1.165, 1.54) is 20.1 Å². The lowest BCUT2D eigenvalue weighted by molar-refractivity contribution is -0.155. The van der Waals surface area contributed by atoms with Gasteiger partial charge in [0.15, 0.2) is 0 Å². The van der Waals surface area contributed by atoms with E-state index in [0.717, 1.165) is 6.54 Å². The van der Waals surface area contributed by atoms with Crippen LogP contribution in [0.4, 0.5) is 5.95 Å². The van der Waals surface area contributed by atoms with E-state index in [9.17, 15) is 39.3 Å². The molecule has 1 aromatic carbocycles. The van der Waals surface area contributed by atoms with Crippen LogP contribution < -0.4 is 20.3 Å². The zero-order valence-corrected chi connectivity index (χ0v) is 42.3. The van der Waals surface area contributed by atoms with Gasteiger partial charge in [-0.3, -0.25) is 29.0 Å². The van der Waals surface area contributed by atoms with Crippen molar-refractivity contribution in [2.24, 2.45) is 22.7 Å². The van der Waals surface area contributed by atoms with Crippen molar-refractivity contribution in [1.82, 2.24) is 30.4 Å². The first-order chi connectivity index (χ1) is 34.3. The first-order valence-electron chi connectivity index (χ1n) is 25.2. The summed E-state index contributed by atoms with van der Waals surface area (Å²) in [6.45, 7) is 16.6. The number of phenols is 1. The number of nitrogens with one attached hydrogen (secondary N) is 2. The first kappa shape index (κ1) is 51.9. The van der Waals surface area contributed by atoms with E-state index < -0.39 is 83.1 Å². The first-order valence-corrected chi connectivity index (χ1v) is 25.2. The van der Waals surface area contributed by atoms with Gasteiger partial charge in [-0.1, -0.05) is 45.9 Å². The van der Waals surface area contributed by atoms with E-state index in [1.807, 2.05) is 4.90 Å². The fourth-order valence-electron chi connectivity index (χ4n) is 10.4. The number of ether oxygens (including phenoxy) is 3. The Hall–Kier alpha value is -6.44. The Bertz CT molecular complexity index is 2620. The topological polar surface area (TPSA) is 246 Å². The minimum absolute atomic E-state index is 0.0154. The lowest BCUT2D eigenvalue weighted by atomic mass is 9.82. The van der Waals surface area contributed by atoms with E-state index >= 15 is 0 Å². The molecule has 1 aliphatic carbocycles. The number of anilines is 1. The zero-order chi connectivity index (χ0) is 51.6. The summed E-state index contributed by atoms with van der Waals surface area (Å²) in [5.41, 5.74) is -0.248. The Morgan fingerprint density at radius 2 is 1.71 bits per heavy atom. The van der Waals surface area contributed by atoms with Gasteiger partial charge >= 0.3 is 11.8 Å². The number of rotatable bonds is 6. The number of aromatic nitrogens is 2. The Morgan fingerprint density at radius 3 is 2.43 bits per heavy atom. The molecule has 2 unspecified atom stereocenters. The van der Waals surface area contributed by atoms with Gasteiger partial charge in [0.2, 0.25) is 17.6 Å². The number of benzene rings is 1. The van der Waals surface area contributed by atoms with Gasteiger partial charge in [-0.2, -0.15) is 0 Å². The number of aliphatic hydroxyl groups excluding tert-OH is 2. The molecule has 9 rings (SSSR count). The molecule has 1 spiro atoms. The van der Waals surface area contributed by atoms with Gasteiger partial charge in [-0.15, -0.1) is 0 Å². The van der Waals surface area contributed by atoms with Crippen LogP contribution in [-0.2, 0) is 23.9 Å². The number of aromatic hydroxyl groups is 1. The molecule has 7 aliphatic rings. The summed E-state index contributed by atoms with van der Waals surface area (Å²) in [5.74, 6) is -5.64. The average Bonchev–Trinajstić information content (AvgIpc) is 3.71. The highest BCUT2D eigenvalue weighted by Gasteiger charge is 2.54. The van der Waals surface area contributed by atoms with Crippen molar-refractivity contribution >= 4 is 41.0 Å². The van der Waals surface area contributed by atoms with Crippen molar-refractivity contribution in [2.45, 2.75) is 123 Å². The predicted molar refractivity (Wildman–Crippen MR) is 266 cm³/mol. The molecule has 5 N–H and O–H groups in total. The van der Waals surface area contributed by atoms with Crippen LogP contribution in [0.15, 0.2) is 71.0 Å². The summed E-state index contributed by atoms with van der Waals surface area (Å²) >= 11 is 0. The molecule has 2 amide bonds. The number of carbonyl (C=O) groups is 5. The highest BCUT2D eigenvalue weighted by Crippen LogP contribution is 2.50. The fraction of sp³-hybridized carbons (Fsp3) is 0.547. The number of esters is 1. The van der Waals surface area contributed by atoms with Crippen LogP contribution in [0.25, 0.3) is 0 Å². The average molecular weight is 993 g/mol. The largest absolute Gasteiger partial charge is 0.507 e. The van der Waals surface area contributed by atoms with Crippen LogP contribution in [0.2, 0.25) is 0 Å². The monoisotopic (exact) mass is 993 g/mol. The molecule has 1 aromatic heterocycles. The van der Waals surface area contributed by atoms with E-state index in [4.69, 9.17) is 19.2 Å². The molecule has 6 aliphatic heterocycles. The quantitative estimate of drug-likeness (QED) is 0.199. The maximum atomic E-state index is 14.8. The third-order valence-corrected chi connectivity index (χ3v) is 14.6. The number of aliphatic imine (C=N–C) groups is 1. The molecule has 2 fully saturated rings. The number of hydrogen-bond donors (Lipinski definition) is 5. The lowest BCUT2D eigenvalue weighted by Crippen LogP contribution is -2.50. The minimum Gasteiger partial charge on any atom is -0.507 e. The standard InChI is InChI=1S/C53H68N8O11/c1-30(2)29-59-22-16-53(17-23-59)57-42-39-40-46(66)34(6)48-41(39)49(68)52(7,72-48)70-26-9-8-15-35(71-38(64)28-37(63)60-20-12-21-61(25-24-60)51-54-18-11-19-55-51)27-36(62)33(5)45(65)31(3)13-10-14-32(4)50(69)56-44(47(40)67)43(42)58-53/h9-11,13-14,18-19,26,30-31,33,35-36,45,58,62,65-66H,8,12,15-17,20-25,27-29H2,1-7H3,(H,56,69)/b13-10+,26-9+,32-14-/t31?,33-,35+,36?,45-,52-/m0/s1. The molecule has 2 saturated heterocycles. The number of likely N-dealkylation sites (tertiary alicyclic amines) is 1. The Morgan fingerprint density at radius 1 is 0.972 bits per heavy atom. The molecular formula is C53H68N8O11. The van der Waals surface area contributed by atoms with E-state index in [1.54, 1.807) is 68.4 Å². The van der Waals surface area contributed by atoms with Gasteiger partial charge in [0.25, 0.3) is 11.7 Å². The van der Waals surface area contributed by atoms with Crippen molar-refractivity contribution in [3.63, 3.8) is 0 Å². The maximum absolute atomic E-state index is 14.8. The van der Waals surface area contributed by atoms with Crippen LogP contribution in [-0.4, -0.2) is 146 Å². The summed E-state index contributed by atoms with van der Waals surface area (Å²) < 4.78 is 18.3. The second kappa shape index (κ2) is 21.3. The SMILES string of the molecule is C/C1=C/C=C/C(C)[C@H](O)[C@@H](C)C(O)C[C@H](OC(=O)CC(=O)N2CCCN(c3ncccn3)CC2)CC/C=C/O[C@@]2(C)Oc3c(C)c(O)c4c(c3C2=O)C2=NC3(CCN(CC(C)C)CC3)NC2=C(NC1=O)C4=O. The number of ketones is 2. The Balaban J connectivity index is 1.07. The Labute approximate surface area is 420 Å². The second-order valence-corrected chi connectivity index (χ2v) is 20.5. The fourth-order valence-corrected chi connectivity index (χ4v) is 10.4. The second-order valence-electron chi connectivity index (χ2n) is 20.5. The van der Waals surface area contributed by atoms with Crippen LogP contribution in [0.1, 0.15) is 118 Å². The van der Waals surface area contributed by atoms with Crippen LogP contribution in [0.3, 0.4) is 0 Å². The summed E-state index contributed by atoms with van der Waals surface area (Å²) in [5, 5.41) is 41.1. The third-order valence-electron chi connectivity index (χ3n) is 14.6. The van der Waals surface area contributed by atoms with E-state index in [2.05, 4.69) is 39.3 Å². The number of allylic oxidation sites excluding steroid dienone is 5. The Kier molecular flexibility index (Phi) is 15.4. The van der Waals surface area contributed by atoms with Crippen molar-refractivity contribution < 1.29 is 53.5 Å². The van der Waals surface area contributed by atoms with Crippen molar-refractivity contribution in [3.8, 4) is 11.5 Å². The maximum Gasteiger partial charge on any atom is 0.315 e. The smallest absolute Gasteiger partial charge is 0.315 e. The van der Waals surface area contributed by atoms with Crippen molar-refractivity contribution in [1.29, 1.82) is 0 Å². The summed E-state index contributed by atoms with van der Waals surface area (Å²) in [4.78, 5) is 90.3. The van der Waals surface area contributed by atoms with E-state index in [-0.39, 0.29) is 69.9 Å². The number of piperidine rings is 1. The molecular weight excluding hydrogens is 925 g/mol. The summed E-state index contributed by atoms with van der Waals surface area (Å²) in [6, 6.07) is 1.73. The number of Topliss-reactive ketones (excluding diaryl/α,β-unsaturated/α-hetero) is 2. The number of phenolic OH excluding ortho intramolecular Hbond substituents is 1. The summed E-state index contributed by atoms with van der Waals surface area (Å²) in [7, 11) is 0. The van der Waals surface area contributed by atoms with Gasteiger partial charge in [-0.05, 0) is 51.2 Å². The van der Waals surface area contributed by atoms with Gasteiger partial charge in [0, 0.05) is 113 Å². The number of nitrogens with zero attached hydrogens (tertiary/aromatic N) is 6. The molecule has 2 aromatic rings. The molecule has 7 heterocycles. The van der Waals surface area contributed by atoms with Crippen LogP contribution in [0, 0.1) is 24.7 Å². The normalized spacial score (nSPS) is 28.8. The van der Waals surface area contributed by atoms with E-state index in [0.29, 0.717) is 70.4 Å². The molecule has 72 heavy (non-hydrogen) atoms.